The van der Waals surface area contributed by atoms with E-state index in [9.17, 15) is 9.90 Å². The molecule has 0 radical (unpaired) electrons. The fourth-order valence-electron chi connectivity index (χ4n) is 0.128. The summed E-state index contributed by atoms with van der Waals surface area (Å²) in [5, 5.41) is 13.0. The van der Waals surface area contributed by atoms with E-state index in [-0.39, 0.29) is 36.2 Å². The molecular formula is C4H5NaO5. The van der Waals surface area contributed by atoms with Crippen LogP contribution in [-0.4, -0.2) is 12.8 Å². The molecule has 0 aliphatic rings. The Morgan fingerprint density at radius 2 is 2.30 bits per heavy atom. The molecular weight excluding hydrogens is 151 g/mol. The summed E-state index contributed by atoms with van der Waals surface area (Å²) < 4.78 is 0. The van der Waals surface area contributed by atoms with E-state index in [1.165, 1.54) is 6.08 Å². The molecule has 0 aromatic rings. The van der Waals surface area contributed by atoms with E-state index in [1.54, 1.807) is 0 Å². The summed E-state index contributed by atoms with van der Waals surface area (Å²) in [5.74, 6) is 0. The first-order valence-corrected chi connectivity index (χ1v) is 2.05. The van der Waals surface area contributed by atoms with Crippen molar-refractivity contribution in [3.63, 3.8) is 0 Å². The monoisotopic (exact) mass is 156 g/mol. The van der Waals surface area contributed by atoms with Crippen LogP contribution in [0.5, 0.6) is 0 Å². The maximum absolute atomic E-state index is 9.40. The molecule has 6 heteroatoms. The van der Waals surface area contributed by atoms with Gasteiger partial charge in [-0.15, -0.1) is 6.58 Å². The predicted molar refractivity (Wildman–Crippen MR) is 23.7 cm³/mol. The first-order valence-electron chi connectivity index (χ1n) is 2.05. The second kappa shape index (κ2) is 8.93. The Bertz CT molecular complexity index is 104. The van der Waals surface area contributed by atoms with Gasteiger partial charge in [0, 0.05) is 0 Å². The summed E-state index contributed by atoms with van der Waals surface area (Å²) in [6, 6.07) is 0. The summed E-state index contributed by atoms with van der Waals surface area (Å²) in [5.41, 5.74) is 0. The number of carboxylic acid groups (broad SMARTS) is 1. The Hall–Kier alpha value is -0.0700. The Labute approximate surface area is 79.7 Å². The molecule has 0 atom stereocenters. The molecule has 0 heterocycles. The van der Waals surface area contributed by atoms with Gasteiger partial charge in [0.1, 0.15) is 6.61 Å². The van der Waals surface area contributed by atoms with E-state index in [1.807, 2.05) is 0 Å². The van der Waals surface area contributed by atoms with E-state index >= 15 is 0 Å². The predicted octanol–water partition coefficient (Wildman–Crippen LogP) is -3.60. The smallest absolute Gasteiger partial charge is 0.424 e. The zero-order valence-corrected chi connectivity index (χ0v) is 7.53. The van der Waals surface area contributed by atoms with Gasteiger partial charge < -0.3 is 14.8 Å². The Balaban J connectivity index is 0. The summed E-state index contributed by atoms with van der Waals surface area (Å²) in [6.45, 7) is 3.30. The van der Waals surface area contributed by atoms with E-state index in [4.69, 9.17) is 0 Å². The molecule has 0 aromatic carbocycles. The molecule has 0 saturated carbocycles. The van der Waals surface area contributed by atoms with Crippen LogP contribution in [0.1, 0.15) is 0 Å². The zero-order valence-electron chi connectivity index (χ0n) is 5.53. The molecule has 0 aliphatic carbocycles. The molecule has 0 rings (SSSR count). The molecule has 0 fully saturated rings. The van der Waals surface area contributed by atoms with Crippen LogP contribution in [0.4, 0.5) is 4.79 Å². The SMILES string of the molecule is C=CCOOOC(=O)[O-].[Na+]. The van der Waals surface area contributed by atoms with Gasteiger partial charge in [-0.2, -0.15) is 0 Å². The first-order chi connectivity index (χ1) is 4.27. The van der Waals surface area contributed by atoms with Crippen molar-refractivity contribution in [2.24, 2.45) is 0 Å². The molecule has 5 nitrogen and oxygen atoms in total. The minimum Gasteiger partial charge on any atom is -0.424 e. The molecule has 52 valence electrons. The quantitative estimate of drug-likeness (QED) is 0.138. The van der Waals surface area contributed by atoms with Crippen molar-refractivity contribution in [2.45, 2.75) is 0 Å². The van der Waals surface area contributed by atoms with Crippen LogP contribution in [0, 0.1) is 0 Å². The second-order valence-electron chi connectivity index (χ2n) is 0.975. The van der Waals surface area contributed by atoms with Crippen molar-refractivity contribution in [3.8, 4) is 0 Å². The average molecular weight is 156 g/mol. The molecule has 0 spiro atoms. The fourth-order valence-corrected chi connectivity index (χ4v) is 0.128. The Morgan fingerprint density at radius 3 is 2.70 bits per heavy atom. The molecule has 0 aliphatic heterocycles. The van der Waals surface area contributed by atoms with Crippen LogP contribution >= 0.6 is 0 Å². The number of carbonyl (C=O) groups is 1. The minimum absolute atomic E-state index is 0. The maximum atomic E-state index is 9.40. The zero-order chi connectivity index (χ0) is 7.11. The summed E-state index contributed by atoms with van der Waals surface area (Å²) >= 11 is 0. The van der Waals surface area contributed by atoms with Crippen molar-refractivity contribution in [3.05, 3.63) is 12.7 Å². The van der Waals surface area contributed by atoms with E-state index < -0.39 is 6.16 Å². The van der Waals surface area contributed by atoms with Crippen molar-refractivity contribution in [2.75, 3.05) is 6.61 Å². The van der Waals surface area contributed by atoms with Crippen molar-refractivity contribution >= 4 is 6.16 Å². The van der Waals surface area contributed by atoms with Gasteiger partial charge >= 0.3 is 29.6 Å². The molecule has 0 bridgehead atoms. The van der Waals surface area contributed by atoms with Gasteiger partial charge in [0.2, 0.25) is 0 Å². The minimum atomic E-state index is -1.81. The van der Waals surface area contributed by atoms with Crippen LogP contribution in [-0.2, 0) is 14.8 Å². The Kier molecular flexibility index (Phi) is 11.2. The summed E-state index contributed by atoms with van der Waals surface area (Å²) in [7, 11) is 0. The van der Waals surface area contributed by atoms with E-state index in [0.717, 1.165) is 0 Å². The fraction of sp³-hybridized carbons (Fsp3) is 0.250. The normalized spacial score (nSPS) is 7.60. The van der Waals surface area contributed by atoms with Crippen LogP contribution in [0.15, 0.2) is 12.7 Å². The van der Waals surface area contributed by atoms with Gasteiger partial charge in [-0.25, -0.2) is 4.89 Å². The third-order valence-electron chi connectivity index (χ3n) is 0.336. The molecule has 10 heavy (non-hydrogen) atoms. The third-order valence-corrected chi connectivity index (χ3v) is 0.336. The van der Waals surface area contributed by atoms with Crippen LogP contribution in [0.2, 0.25) is 0 Å². The second-order valence-corrected chi connectivity index (χ2v) is 0.975. The molecule has 0 amide bonds. The van der Waals surface area contributed by atoms with Crippen LogP contribution in [0.25, 0.3) is 0 Å². The number of hydrogen-bond donors (Lipinski definition) is 0. The standard InChI is InChI=1S/C4H6O5.Na/c1-2-3-7-9-8-4(5)6;/h2H,1,3H2,(H,5,6);/q;+1/p-1. The van der Waals surface area contributed by atoms with Crippen LogP contribution in [0.3, 0.4) is 0 Å². The van der Waals surface area contributed by atoms with Gasteiger partial charge in [-0.1, -0.05) is 11.1 Å². The number of carbonyl (C=O) groups excluding carboxylic acids is 1. The maximum Gasteiger partial charge on any atom is 1.00 e. The molecule has 0 N–H and O–H groups in total. The van der Waals surface area contributed by atoms with E-state index in [2.05, 4.69) is 21.4 Å². The topological polar surface area (TPSA) is 67.8 Å². The van der Waals surface area contributed by atoms with Crippen molar-refractivity contribution in [1.29, 1.82) is 0 Å². The van der Waals surface area contributed by atoms with Crippen molar-refractivity contribution in [1.82, 2.24) is 0 Å². The van der Waals surface area contributed by atoms with Gasteiger partial charge in [0.05, 0.1) is 0 Å². The molecule has 0 saturated heterocycles. The molecule has 0 unspecified atom stereocenters. The van der Waals surface area contributed by atoms with Gasteiger partial charge in [-0.05, 0) is 0 Å². The summed E-state index contributed by atoms with van der Waals surface area (Å²) in [6.07, 6.45) is -0.447. The van der Waals surface area contributed by atoms with Gasteiger partial charge in [-0.3, -0.25) is 0 Å². The summed E-state index contributed by atoms with van der Waals surface area (Å²) in [4.78, 5) is 16.8. The van der Waals surface area contributed by atoms with Crippen LogP contribution < -0.4 is 34.7 Å². The number of rotatable bonds is 4. The number of hydrogen-bond acceptors (Lipinski definition) is 5. The molecule has 0 aromatic heterocycles. The van der Waals surface area contributed by atoms with E-state index in [0.29, 0.717) is 0 Å². The third kappa shape index (κ3) is 10.8. The average Bonchev–Trinajstić information content (AvgIpc) is 1.80. The Morgan fingerprint density at radius 1 is 1.70 bits per heavy atom. The largest absolute Gasteiger partial charge is 1.00 e. The van der Waals surface area contributed by atoms with Gasteiger partial charge in [0.15, 0.2) is 0 Å². The van der Waals surface area contributed by atoms with Gasteiger partial charge in [0.25, 0.3) is 6.16 Å². The first kappa shape index (κ1) is 12.6. The van der Waals surface area contributed by atoms with Crippen molar-refractivity contribution < 1.29 is 54.3 Å².